The summed E-state index contributed by atoms with van der Waals surface area (Å²) in [6.45, 7) is 1.15. The van der Waals surface area contributed by atoms with E-state index in [9.17, 15) is 14.0 Å². The Morgan fingerprint density at radius 3 is 2.57 bits per heavy atom. The molecule has 0 radical (unpaired) electrons. The van der Waals surface area contributed by atoms with Crippen molar-refractivity contribution in [2.45, 2.75) is 25.7 Å². The molecule has 2 N–H and O–H groups in total. The van der Waals surface area contributed by atoms with Crippen molar-refractivity contribution >= 4 is 17.7 Å². The van der Waals surface area contributed by atoms with Crippen LogP contribution in [0.25, 0.3) is 0 Å². The summed E-state index contributed by atoms with van der Waals surface area (Å²) < 4.78 is 13.5. The maximum Gasteiger partial charge on any atom is 0.321 e. The van der Waals surface area contributed by atoms with Gasteiger partial charge in [0.15, 0.2) is 0 Å². The van der Waals surface area contributed by atoms with Crippen LogP contribution in [0.3, 0.4) is 0 Å². The number of amides is 2. The zero-order valence-electron chi connectivity index (χ0n) is 11.7. The van der Waals surface area contributed by atoms with Crippen molar-refractivity contribution in [2.24, 2.45) is 5.92 Å². The number of para-hydroxylation sites is 1. The molecule has 0 bridgehead atoms. The minimum atomic E-state index is -0.783. The molecule has 6 heteroatoms. The zero-order valence-corrected chi connectivity index (χ0v) is 11.7. The first kappa shape index (κ1) is 15.3. The van der Waals surface area contributed by atoms with Gasteiger partial charge in [-0.25, -0.2) is 9.18 Å². The van der Waals surface area contributed by atoms with Crippen LogP contribution in [-0.2, 0) is 4.79 Å². The lowest BCUT2D eigenvalue weighted by Gasteiger charge is -2.31. The van der Waals surface area contributed by atoms with Crippen LogP contribution < -0.4 is 5.32 Å². The first-order valence-electron chi connectivity index (χ1n) is 7.08. The summed E-state index contributed by atoms with van der Waals surface area (Å²) in [5, 5.41) is 11.2. The van der Waals surface area contributed by atoms with Gasteiger partial charge < -0.3 is 15.3 Å². The number of hydrogen-bond acceptors (Lipinski definition) is 2. The van der Waals surface area contributed by atoms with Gasteiger partial charge in [-0.2, -0.15) is 0 Å². The third kappa shape index (κ3) is 4.44. The van der Waals surface area contributed by atoms with Crippen molar-refractivity contribution in [3.8, 4) is 0 Å². The minimum Gasteiger partial charge on any atom is -0.481 e. The molecule has 2 amide bonds. The van der Waals surface area contributed by atoms with Crippen molar-refractivity contribution in [2.75, 3.05) is 18.4 Å². The Kier molecular flexibility index (Phi) is 5.14. The van der Waals surface area contributed by atoms with E-state index in [0.717, 1.165) is 12.8 Å². The largest absolute Gasteiger partial charge is 0.481 e. The van der Waals surface area contributed by atoms with E-state index in [2.05, 4.69) is 5.32 Å². The Morgan fingerprint density at radius 1 is 1.29 bits per heavy atom. The number of nitrogens with zero attached hydrogens (tertiary/aromatic N) is 1. The fourth-order valence-electron chi connectivity index (χ4n) is 2.51. The van der Waals surface area contributed by atoms with Crippen LogP contribution in [-0.4, -0.2) is 35.1 Å². The monoisotopic (exact) mass is 294 g/mol. The van der Waals surface area contributed by atoms with E-state index < -0.39 is 11.8 Å². The minimum absolute atomic E-state index is 0.173. The zero-order chi connectivity index (χ0) is 15.2. The number of aliphatic carboxylic acids is 1. The van der Waals surface area contributed by atoms with Crippen LogP contribution in [0.5, 0.6) is 0 Å². The van der Waals surface area contributed by atoms with Crippen molar-refractivity contribution in [1.82, 2.24) is 4.90 Å². The highest BCUT2D eigenvalue weighted by Crippen LogP contribution is 2.22. The van der Waals surface area contributed by atoms with Crippen LogP contribution in [0.2, 0.25) is 0 Å². The van der Waals surface area contributed by atoms with Gasteiger partial charge in [-0.3, -0.25) is 4.79 Å². The number of piperidine rings is 1. The molecule has 1 aromatic rings. The number of nitrogens with one attached hydrogen (secondary N) is 1. The van der Waals surface area contributed by atoms with Crippen LogP contribution in [0.4, 0.5) is 14.9 Å². The second-order valence-electron chi connectivity index (χ2n) is 5.27. The number of benzene rings is 1. The quantitative estimate of drug-likeness (QED) is 0.897. The molecule has 1 heterocycles. The second kappa shape index (κ2) is 7.06. The second-order valence-corrected chi connectivity index (χ2v) is 5.27. The topological polar surface area (TPSA) is 69.6 Å². The number of urea groups is 1. The molecule has 0 spiro atoms. The molecule has 0 atom stereocenters. The molecule has 5 nitrogen and oxygen atoms in total. The van der Waals surface area contributed by atoms with E-state index in [1.807, 2.05) is 0 Å². The van der Waals surface area contributed by atoms with Crippen molar-refractivity contribution in [3.05, 3.63) is 30.1 Å². The van der Waals surface area contributed by atoms with Gasteiger partial charge in [0.2, 0.25) is 0 Å². The number of carboxylic acids is 1. The number of carboxylic acid groups (broad SMARTS) is 1. The molecule has 0 unspecified atom stereocenters. The van der Waals surface area contributed by atoms with Crippen molar-refractivity contribution in [3.63, 3.8) is 0 Å². The molecule has 114 valence electrons. The van der Waals surface area contributed by atoms with E-state index >= 15 is 0 Å². The first-order chi connectivity index (χ1) is 10.1. The Bertz CT molecular complexity index is 513. The molecule has 1 fully saturated rings. The number of carbonyl (C=O) groups excluding carboxylic acids is 1. The molecule has 0 aromatic heterocycles. The summed E-state index contributed by atoms with van der Waals surface area (Å²) in [7, 11) is 0. The number of anilines is 1. The Hall–Kier alpha value is -2.11. The third-order valence-corrected chi connectivity index (χ3v) is 3.78. The summed E-state index contributed by atoms with van der Waals surface area (Å²) >= 11 is 0. The highest BCUT2D eigenvalue weighted by molar-refractivity contribution is 5.89. The number of hydrogen-bond donors (Lipinski definition) is 2. The van der Waals surface area contributed by atoms with Gasteiger partial charge >= 0.3 is 12.0 Å². The standard InChI is InChI=1S/C15H19FN2O3/c16-12-3-1-2-4-13(12)17-15(21)18-9-7-11(8-10-18)5-6-14(19)20/h1-4,11H,5-10H2,(H,17,21)(H,19,20). The Labute approximate surface area is 122 Å². The van der Waals surface area contributed by atoms with Crippen LogP contribution in [0, 0.1) is 11.7 Å². The highest BCUT2D eigenvalue weighted by atomic mass is 19.1. The number of rotatable bonds is 4. The van der Waals surface area contributed by atoms with E-state index in [1.165, 1.54) is 12.1 Å². The fraction of sp³-hybridized carbons (Fsp3) is 0.467. The van der Waals surface area contributed by atoms with Gasteiger partial charge in [0.25, 0.3) is 0 Å². The lowest BCUT2D eigenvalue weighted by molar-refractivity contribution is -0.137. The van der Waals surface area contributed by atoms with Gasteiger partial charge in [0.05, 0.1) is 5.69 Å². The molecule has 0 saturated carbocycles. The highest BCUT2D eigenvalue weighted by Gasteiger charge is 2.23. The third-order valence-electron chi connectivity index (χ3n) is 3.78. The lowest BCUT2D eigenvalue weighted by atomic mass is 9.92. The molecular formula is C15H19FN2O3. The fourth-order valence-corrected chi connectivity index (χ4v) is 2.51. The summed E-state index contributed by atoms with van der Waals surface area (Å²) in [4.78, 5) is 24.2. The first-order valence-corrected chi connectivity index (χ1v) is 7.08. The number of carbonyl (C=O) groups is 2. The average Bonchev–Trinajstić information content (AvgIpc) is 2.48. The van der Waals surface area contributed by atoms with Crippen LogP contribution >= 0.6 is 0 Å². The molecular weight excluding hydrogens is 275 g/mol. The summed E-state index contributed by atoms with van der Waals surface area (Å²) in [6.07, 6.45) is 2.40. The summed E-state index contributed by atoms with van der Waals surface area (Å²) in [5.74, 6) is -0.893. The van der Waals surface area contributed by atoms with Crippen molar-refractivity contribution < 1.29 is 19.1 Å². The van der Waals surface area contributed by atoms with Crippen LogP contribution in [0.15, 0.2) is 24.3 Å². The number of likely N-dealkylation sites (tertiary alicyclic amines) is 1. The van der Waals surface area contributed by atoms with Crippen LogP contribution in [0.1, 0.15) is 25.7 Å². The van der Waals surface area contributed by atoms with E-state index in [-0.39, 0.29) is 18.1 Å². The number of halogens is 1. The van der Waals surface area contributed by atoms with E-state index in [0.29, 0.717) is 25.4 Å². The Balaban J connectivity index is 1.81. The Morgan fingerprint density at radius 2 is 1.95 bits per heavy atom. The predicted octanol–water partition coefficient (Wildman–Crippen LogP) is 2.93. The van der Waals surface area contributed by atoms with Crippen molar-refractivity contribution in [1.29, 1.82) is 0 Å². The van der Waals surface area contributed by atoms with E-state index in [1.54, 1.807) is 17.0 Å². The lowest BCUT2D eigenvalue weighted by Crippen LogP contribution is -2.41. The molecule has 1 saturated heterocycles. The van der Waals surface area contributed by atoms with Gasteiger partial charge in [-0.05, 0) is 37.3 Å². The van der Waals surface area contributed by atoms with Gasteiger partial charge in [0.1, 0.15) is 5.82 Å². The van der Waals surface area contributed by atoms with Gasteiger partial charge in [-0.1, -0.05) is 12.1 Å². The summed E-state index contributed by atoms with van der Waals surface area (Å²) in [6, 6.07) is 5.74. The van der Waals surface area contributed by atoms with Gasteiger partial charge in [-0.15, -0.1) is 0 Å². The summed E-state index contributed by atoms with van der Waals surface area (Å²) in [5.41, 5.74) is 0.176. The normalized spacial score (nSPS) is 15.8. The van der Waals surface area contributed by atoms with Gasteiger partial charge in [0, 0.05) is 19.5 Å². The molecule has 1 aliphatic rings. The predicted molar refractivity (Wildman–Crippen MR) is 76.6 cm³/mol. The maximum atomic E-state index is 13.5. The molecule has 1 aromatic carbocycles. The molecule has 21 heavy (non-hydrogen) atoms. The molecule has 1 aliphatic heterocycles. The molecule has 2 rings (SSSR count). The van der Waals surface area contributed by atoms with E-state index in [4.69, 9.17) is 5.11 Å². The smallest absolute Gasteiger partial charge is 0.321 e. The molecule has 0 aliphatic carbocycles. The SMILES string of the molecule is O=C(O)CCC1CCN(C(=O)Nc2ccccc2F)CC1. The average molecular weight is 294 g/mol. The maximum absolute atomic E-state index is 13.5.